The Morgan fingerprint density at radius 1 is 0.846 bits per heavy atom. The summed E-state index contributed by atoms with van der Waals surface area (Å²) in [5.41, 5.74) is 0. The molecule has 1 unspecified atom stereocenters. The molecule has 0 saturated carbocycles. The van der Waals surface area contributed by atoms with Crippen LogP contribution >= 0.6 is 7.92 Å². The highest BCUT2D eigenvalue weighted by Gasteiger charge is 2.64. The molecule has 0 rings (SSSR count). The molecule has 0 aromatic heterocycles. The predicted octanol–water partition coefficient (Wildman–Crippen LogP) is 6.24. The lowest BCUT2D eigenvalue weighted by molar-refractivity contribution is -0.223. The quantitative estimate of drug-likeness (QED) is 0.238. The minimum Gasteiger partial charge on any atom is -0.281 e. The van der Waals surface area contributed by atoms with Gasteiger partial charge < -0.3 is 0 Å². The molecule has 0 aliphatic heterocycles. The summed E-state index contributed by atoms with van der Waals surface area (Å²) in [7, 11) is -5.99. The van der Waals surface area contributed by atoms with Gasteiger partial charge in [-0.1, -0.05) is 40.0 Å². The third-order valence-corrected chi connectivity index (χ3v) is 7.15. The third kappa shape index (κ3) is 11.6. The zero-order valence-electron chi connectivity index (χ0n) is 15.3. The van der Waals surface area contributed by atoms with Crippen molar-refractivity contribution in [1.82, 2.24) is 0 Å². The normalized spacial score (nSPS) is 14.1. The van der Waals surface area contributed by atoms with Crippen LogP contribution in [0, 0.1) is 0 Å². The van der Waals surface area contributed by atoms with E-state index in [1.807, 2.05) is 0 Å². The van der Waals surface area contributed by atoms with Crippen LogP contribution in [0.5, 0.6) is 0 Å². The first kappa shape index (κ1) is 28.1. The summed E-state index contributed by atoms with van der Waals surface area (Å²) in [5.74, 6) is 0. The van der Waals surface area contributed by atoms with Crippen LogP contribution in [0.25, 0.3) is 0 Å². The summed E-state index contributed by atoms with van der Waals surface area (Å²) in [5, 5.41) is -5.88. The molecular weight excluding hydrogens is 405 g/mol. The molecule has 0 fully saturated rings. The Morgan fingerprint density at radius 2 is 1.15 bits per heavy atom. The van der Waals surface area contributed by atoms with Gasteiger partial charge in [-0.3, -0.25) is 4.55 Å². The minimum atomic E-state index is -6.41. The van der Waals surface area contributed by atoms with Gasteiger partial charge in [0.25, 0.3) is 6.17 Å². The molecule has 0 heterocycles. The number of unbranched alkanes of at least 4 members (excludes halogenated alkanes) is 3. The number of alkyl halides is 6. The van der Waals surface area contributed by atoms with E-state index < -0.39 is 27.7 Å². The summed E-state index contributed by atoms with van der Waals surface area (Å²) >= 11 is 0. The van der Waals surface area contributed by atoms with Gasteiger partial charge in [0.15, 0.2) is 0 Å². The lowest BCUT2D eigenvalue weighted by Crippen LogP contribution is -2.46. The fourth-order valence-electron chi connectivity index (χ4n) is 1.80. The molecule has 0 radical (unpaired) electrons. The van der Waals surface area contributed by atoms with Crippen LogP contribution in [0.3, 0.4) is 0 Å². The van der Waals surface area contributed by atoms with Crippen LogP contribution in [-0.4, -0.2) is 49.1 Å². The summed E-state index contributed by atoms with van der Waals surface area (Å²) in [4.78, 5) is 0. The molecular formula is C15H29F6O3PS. The molecule has 0 bridgehead atoms. The van der Waals surface area contributed by atoms with Gasteiger partial charge in [-0.2, -0.15) is 30.4 Å². The van der Waals surface area contributed by atoms with E-state index in [0.29, 0.717) is 7.92 Å². The molecule has 3 nitrogen and oxygen atoms in total. The van der Waals surface area contributed by atoms with E-state index in [9.17, 15) is 34.8 Å². The molecule has 1 N–H and O–H groups in total. The first-order valence-electron chi connectivity index (χ1n) is 8.53. The van der Waals surface area contributed by atoms with Crippen molar-refractivity contribution in [3.05, 3.63) is 0 Å². The number of hydrogen-bond acceptors (Lipinski definition) is 2. The van der Waals surface area contributed by atoms with Gasteiger partial charge >= 0.3 is 21.5 Å². The van der Waals surface area contributed by atoms with E-state index in [0.717, 1.165) is 0 Å². The zero-order chi connectivity index (χ0) is 21.0. The molecule has 0 amide bonds. The van der Waals surface area contributed by atoms with Crippen molar-refractivity contribution in [3.63, 3.8) is 0 Å². The smallest absolute Gasteiger partial charge is 0.281 e. The molecule has 0 aromatic carbocycles. The van der Waals surface area contributed by atoms with Gasteiger partial charge in [-0.25, -0.2) is 4.39 Å². The second-order valence-corrected chi connectivity index (χ2v) is 10.0. The maximum atomic E-state index is 11.9. The largest absolute Gasteiger partial charge is 0.426 e. The van der Waals surface area contributed by atoms with Gasteiger partial charge in [-0.05, 0) is 37.7 Å². The van der Waals surface area contributed by atoms with E-state index in [1.165, 1.54) is 38.5 Å². The first-order chi connectivity index (χ1) is 11.8. The van der Waals surface area contributed by atoms with Crippen LogP contribution in [0.1, 0.15) is 59.3 Å². The van der Waals surface area contributed by atoms with Crippen molar-refractivity contribution in [2.75, 3.05) is 18.5 Å². The monoisotopic (exact) mass is 434 g/mol. The van der Waals surface area contributed by atoms with Crippen molar-refractivity contribution in [3.8, 4) is 0 Å². The second kappa shape index (κ2) is 13.2. The molecule has 0 aliphatic rings. The topological polar surface area (TPSA) is 54.4 Å². The Morgan fingerprint density at radius 3 is 1.31 bits per heavy atom. The van der Waals surface area contributed by atoms with Crippen LogP contribution in [0.4, 0.5) is 26.3 Å². The number of halogens is 6. The van der Waals surface area contributed by atoms with E-state index in [2.05, 4.69) is 20.8 Å². The van der Waals surface area contributed by atoms with Crippen LogP contribution < -0.4 is 0 Å². The Labute approximate surface area is 153 Å². The fraction of sp³-hybridized carbons (Fsp3) is 1.00. The molecule has 0 aliphatic carbocycles. The molecule has 0 saturated heterocycles. The Kier molecular flexibility index (Phi) is 14.2. The second-order valence-electron chi connectivity index (χ2n) is 5.84. The fourth-order valence-corrected chi connectivity index (χ4v) is 5.16. The number of rotatable bonds is 11. The molecule has 0 spiro atoms. The van der Waals surface area contributed by atoms with Gasteiger partial charge in [-0.15, -0.1) is 7.92 Å². The molecule has 11 heteroatoms. The van der Waals surface area contributed by atoms with Gasteiger partial charge in [0.2, 0.25) is 0 Å². The lowest BCUT2D eigenvalue weighted by Gasteiger charge is -2.19. The summed E-state index contributed by atoms with van der Waals surface area (Å²) < 4.78 is 96.1. The lowest BCUT2D eigenvalue weighted by atomic mass is 10.4. The Balaban J connectivity index is 0. The van der Waals surface area contributed by atoms with Crippen molar-refractivity contribution in [2.45, 2.75) is 76.9 Å². The van der Waals surface area contributed by atoms with Crippen LogP contribution in [-0.2, 0) is 10.1 Å². The van der Waals surface area contributed by atoms with Crippen LogP contribution in [0.15, 0.2) is 0 Å². The van der Waals surface area contributed by atoms with Crippen molar-refractivity contribution in [1.29, 1.82) is 0 Å². The third-order valence-electron chi connectivity index (χ3n) is 3.41. The molecule has 26 heavy (non-hydrogen) atoms. The average molecular weight is 434 g/mol. The molecule has 0 aromatic rings. The van der Waals surface area contributed by atoms with E-state index in [-0.39, 0.29) is 0 Å². The highest BCUT2D eigenvalue weighted by Crippen LogP contribution is 2.39. The van der Waals surface area contributed by atoms with Gasteiger partial charge in [0, 0.05) is 0 Å². The summed E-state index contributed by atoms with van der Waals surface area (Å²) in [6.45, 7) is 6.94. The maximum absolute atomic E-state index is 11.9. The highest BCUT2D eigenvalue weighted by atomic mass is 32.2. The van der Waals surface area contributed by atoms with Crippen molar-refractivity contribution >= 4 is 18.0 Å². The zero-order valence-corrected chi connectivity index (χ0v) is 17.0. The van der Waals surface area contributed by atoms with E-state index >= 15 is 0 Å². The molecule has 1 atom stereocenters. The van der Waals surface area contributed by atoms with Gasteiger partial charge in [0.05, 0.1) is 0 Å². The minimum absolute atomic E-state index is 0.422. The predicted molar refractivity (Wildman–Crippen MR) is 93.7 cm³/mol. The highest BCUT2D eigenvalue weighted by molar-refractivity contribution is 7.86. The summed E-state index contributed by atoms with van der Waals surface area (Å²) in [6, 6.07) is 0. The van der Waals surface area contributed by atoms with E-state index in [4.69, 9.17) is 4.55 Å². The SMILES string of the molecule is CCCCP(CCCC)CCCC.O=S(=O)(O)C(F)(F)C(F)C(F)(F)F. The maximum Gasteiger partial charge on any atom is 0.426 e. The Hall–Kier alpha value is -0.0800. The Bertz CT molecular complexity index is 438. The average Bonchev–Trinajstić information content (AvgIpc) is 2.52. The number of hydrogen-bond donors (Lipinski definition) is 1. The molecule has 160 valence electrons. The van der Waals surface area contributed by atoms with Crippen molar-refractivity contribution in [2.24, 2.45) is 0 Å². The first-order valence-corrected chi connectivity index (χ1v) is 11.9. The van der Waals surface area contributed by atoms with Crippen LogP contribution in [0.2, 0.25) is 0 Å². The van der Waals surface area contributed by atoms with Gasteiger partial charge in [0.1, 0.15) is 0 Å². The van der Waals surface area contributed by atoms with Crippen molar-refractivity contribution < 1.29 is 39.3 Å². The standard InChI is InChI=1S/C12H27P.C3H2F6O3S/c1-4-7-10-13(11-8-5-2)12-9-6-3;4-1(2(5,6)7)3(8,9)13(10,11)12/h4-12H2,1-3H3;1H,(H,10,11,12). The summed E-state index contributed by atoms with van der Waals surface area (Å²) in [6.07, 6.45) is 2.21. The van der Waals surface area contributed by atoms with E-state index in [1.54, 1.807) is 18.5 Å².